The molecular weight excluding hydrogens is 546 g/mol. The van der Waals surface area contributed by atoms with E-state index in [9.17, 15) is 4.79 Å². The highest BCUT2D eigenvalue weighted by Crippen LogP contribution is 2.38. The van der Waals surface area contributed by atoms with Gasteiger partial charge < -0.3 is 24.7 Å². The Balaban J connectivity index is 1.75. The number of urea groups is 1. The van der Waals surface area contributed by atoms with Gasteiger partial charge in [0.05, 0.1) is 42.7 Å². The monoisotopic (exact) mass is 587 g/mol. The second kappa shape index (κ2) is 15.3. The average molecular weight is 588 g/mol. The first-order valence-electron chi connectivity index (χ1n) is 14.5. The average Bonchev–Trinajstić information content (AvgIpc) is 3.46. The van der Waals surface area contributed by atoms with Crippen molar-refractivity contribution in [2.24, 2.45) is 0 Å². The molecule has 4 rings (SSSR count). The Morgan fingerprint density at radius 2 is 1.62 bits per heavy atom. The zero-order valence-electron chi connectivity index (χ0n) is 25.1. The van der Waals surface area contributed by atoms with Crippen LogP contribution in [0.5, 0.6) is 11.5 Å². The van der Waals surface area contributed by atoms with Crippen LogP contribution in [0.3, 0.4) is 0 Å². The molecule has 0 aliphatic rings. The number of amides is 2. The van der Waals surface area contributed by atoms with Crippen LogP contribution in [0.2, 0.25) is 0 Å². The second-order valence-corrected chi connectivity index (χ2v) is 11.2. The minimum absolute atomic E-state index is 0.0964. The minimum atomic E-state index is -0.227. The van der Waals surface area contributed by atoms with Crippen molar-refractivity contribution in [3.05, 3.63) is 78.6 Å². The van der Waals surface area contributed by atoms with Crippen LogP contribution < -0.4 is 14.8 Å². The molecule has 4 aromatic rings. The molecule has 0 saturated carbocycles. The SMILES string of the molecule is CCCCC(Sc1nc(-c2ccc(OC)cc2)c(-c2ccc(OC)cc2)[nH]1)N(C(=O)NCCC)C(C)c1ccccn1. The van der Waals surface area contributed by atoms with Gasteiger partial charge in [0.25, 0.3) is 0 Å². The van der Waals surface area contributed by atoms with E-state index in [4.69, 9.17) is 14.5 Å². The maximum atomic E-state index is 13.7. The zero-order chi connectivity index (χ0) is 29.9. The molecule has 2 unspecified atom stereocenters. The van der Waals surface area contributed by atoms with E-state index in [2.05, 4.69) is 29.1 Å². The van der Waals surface area contributed by atoms with Gasteiger partial charge in [-0.2, -0.15) is 0 Å². The number of benzene rings is 2. The van der Waals surface area contributed by atoms with E-state index >= 15 is 0 Å². The number of carbonyl (C=O) groups excluding carboxylic acids is 1. The van der Waals surface area contributed by atoms with Crippen LogP contribution in [0.1, 0.15) is 58.2 Å². The highest BCUT2D eigenvalue weighted by molar-refractivity contribution is 7.99. The lowest BCUT2D eigenvalue weighted by Crippen LogP contribution is -2.46. The predicted molar refractivity (Wildman–Crippen MR) is 170 cm³/mol. The fourth-order valence-corrected chi connectivity index (χ4v) is 5.98. The summed E-state index contributed by atoms with van der Waals surface area (Å²) in [7, 11) is 3.32. The molecular formula is C33H41N5O3S. The predicted octanol–water partition coefficient (Wildman–Crippen LogP) is 7.95. The van der Waals surface area contributed by atoms with E-state index < -0.39 is 0 Å². The molecule has 8 nitrogen and oxygen atoms in total. The normalized spacial score (nSPS) is 12.4. The third kappa shape index (κ3) is 7.64. The molecule has 0 fully saturated rings. The molecule has 0 aliphatic heterocycles. The van der Waals surface area contributed by atoms with Gasteiger partial charge in [-0.3, -0.25) is 4.98 Å². The first-order chi connectivity index (χ1) is 20.5. The summed E-state index contributed by atoms with van der Waals surface area (Å²) in [6.45, 7) is 6.88. The quantitative estimate of drug-likeness (QED) is 0.115. The summed E-state index contributed by atoms with van der Waals surface area (Å²) in [6.07, 6.45) is 5.44. The number of aromatic amines is 1. The van der Waals surface area contributed by atoms with Crippen LogP contribution in [0.25, 0.3) is 22.5 Å². The molecule has 2 aromatic heterocycles. The van der Waals surface area contributed by atoms with E-state index in [0.29, 0.717) is 6.54 Å². The second-order valence-electron chi connectivity index (χ2n) is 10.0. The maximum absolute atomic E-state index is 13.7. The Kier molecular flexibility index (Phi) is 11.3. The summed E-state index contributed by atoms with van der Waals surface area (Å²) < 4.78 is 10.8. The molecule has 42 heavy (non-hydrogen) atoms. The molecule has 2 heterocycles. The van der Waals surface area contributed by atoms with Gasteiger partial charge in [0.1, 0.15) is 11.5 Å². The van der Waals surface area contributed by atoms with Gasteiger partial charge in [0, 0.05) is 23.9 Å². The number of thioether (sulfide) groups is 1. The Hall–Kier alpha value is -3.98. The fraction of sp³-hybridized carbons (Fsp3) is 0.364. The summed E-state index contributed by atoms with van der Waals surface area (Å²) in [5.74, 6) is 1.57. The van der Waals surface area contributed by atoms with Gasteiger partial charge in [-0.05, 0) is 80.4 Å². The number of nitrogens with zero attached hydrogens (tertiary/aromatic N) is 3. The molecule has 0 radical (unpaired) electrons. The van der Waals surface area contributed by atoms with Crippen molar-refractivity contribution >= 4 is 17.8 Å². The van der Waals surface area contributed by atoms with Crippen molar-refractivity contribution in [2.75, 3.05) is 20.8 Å². The van der Waals surface area contributed by atoms with Crippen LogP contribution in [0.4, 0.5) is 4.79 Å². The van der Waals surface area contributed by atoms with E-state index in [-0.39, 0.29) is 17.4 Å². The van der Waals surface area contributed by atoms with Gasteiger partial charge >= 0.3 is 6.03 Å². The van der Waals surface area contributed by atoms with Crippen molar-refractivity contribution in [3.8, 4) is 34.0 Å². The molecule has 9 heteroatoms. The molecule has 0 bridgehead atoms. The lowest BCUT2D eigenvalue weighted by Gasteiger charge is -2.35. The first kappa shape index (κ1) is 31.0. The Morgan fingerprint density at radius 1 is 0.952 bits per heavy atom. The number of hydrogen-bond donors (Lipinski definition) is 2. The molecule has 222 valence electrons. The third-order valence-corrected chi connectivity index (χ3v) is 8.23. The van der Waals surface area contributed by atoms with Crippen LogP contribution in [0, 0.1) is 0 Å². The Labute approximate surface area is 253 Å². The number of aromatic nitrogens is 3. The largest absolute Gasteiger partial charge is 0.497 e. The number of pyridine rings is 1. The maximum Gasteiger partial charge on any atom is 0.318 e. The number of unbranched alkanes of at least 4 members (excludes halogenated alkanes) is 1. The van der Waals surface area contributed by atoms with Crippen molar-refractivity contribution in [1.29, 1.82) is 0 Å². The molecule has 2 amide bonds. The van der Waals surface area contributed by atoms with E-state index in [1.165, 1.54) is 0 Å². The minimum Gasteiger partial charge on any atom is -0.497 e. The summed E-state index contributed by atoms with van der Waals surface area (Å²) >= 11 is 1.58. The van der Waals surface area contributed by atoms with Crippen molar-refractivity contribution in [1.82, 2.24) is 25.2 Å². The van der Waals surface area contributed by atoms with Gasteiger partial charge in [0.2, 0.25) is 0 Å². The molecule has 2 N–H and O–H groups in total. The fourth-order valence-electron chi connectivity index (χ4n) is 4.74. The lowest BCUT2D eigenvalue weighted by atomic mass is 10.0. The van der Waals surface area contributed by atoms with Gasteiger partial charge in [-0.25, -0.2) is 9.78 Å². The molecule has 2 aromatic carbocycles. The number of hydrogen-bond acceptors (Lipinski definition) is 6. The topological polar surface area (TPSA) is 92.4 Å². The highest BCUT2D eigenvalue weighted by atomic mass is 32.2. The van der Waals surface area contributed by atoms with Crippen LogP contribution >= 0.6 is 11.8 Å². The number of nitrogens with one attached hydrogen (secondary N) is 2. The number of methoxy groups -OCH3 is 2. The van der Waals surface area contributed by atoms with Gasteiger partial charge in [0.15, 0.2) is 5.16 Å². The third-order valence-electron chi connectivity index (χ3n) is 7.08. The summed E-state index contributed by atoms with van der Waals surface area (Å²) in [6, 6.07) is 21.3. The number of rotatable bonds is 14. The van der Waals surface area contributed by atoms with E-state index in [1.54, 1.807) is 32.2 Å². The van der Waals surface area contributed by atoms with Crippen molar-refractivity contribution in [3.63, 3.8) is 0 Å². The van der Waals surface area contributed by atoms with Crippen LogP contribution in [-0.4, -0.2) is 52.0 Å². The number of carbonyl (C=O) groups is 1. The standard InChI is InChI=1S/C33H41N5O3S/c1-6-8-12-29(38(33(39)35-21-7-2)23(3)28-11-9-10-22-34-28)42-32-36-30(24-13-17-26(40-4)18-14-24)31(37-32)25-15-19-27(41-5)20-16-25/h9-11,13-20,22-23,29H,6-8,12,21H2,1-5H3,(H,35,39)(H,36,37). The van der Waals surface area contributed by atoms with E-state index in [0.717, 1.165) is 70.5 Å². The number of ether oxygens (including phenoxy) is 2. The molecule has 0 spiro atoms. The molecule has 0 saturated heterocycles. The summed E-state index contributed by atoms with van der Waals surface area (Å²) in [5, 5.41) is 3.68. The number of imidazole rings is 1. The van der Waals surface area contributed by atoms with Crippen LogP contribution in [-0.2, 0) is 0 Å². The zero-order valence-corrected chi connectivity index (χ0v) is 25.9. The number of H-pyrrole nitrogens is 1. The van der Waals surface area contributed by atoms with Crippen LogP contribution in [0.15, 0.2) is 78.1 Å². The smallest absolute Gasteiger partial charge is 0.318 e. The van der Waals surface area contributed by atoms with Gasteiger partial charge in [-0.1, -0.05) is 44.5 Å². The van der Waals surface area contributed by atoms with E-state index in [1.807, 2.05) is 78.6 Å². The Bertz CT molecular complexity index is 1330. The van der Waals surface area contributed by atoms with Crippen molar-refractivity contribution in [2.45, 2.75) is 63.0 Å². The van der Waals surface area contributed by atoms with Gasteiger partial charge in [-0.15, -0.1) is 0 Å². The highest BCUT2D eigenvalue weighted by Gasteiger charge is 2.31. The first-order valence-corrected chi connectivity index (χ1v) is 15.4. The lowest BCUT2D eigenvalue weighted by molar-refractivity contribution is 0.168. The Morgan fingerprint density at radius 3 is 2.19 bits per heavy atom. The molecule has 2 atom stereocenters. The summed E-state index contributed by atoms with van der Waals surface area (Å²) in [4.78, 5) is 28.9. The molecule has 0 aliphatic carbocycles. The van der Waals surface area contributed by atoms with Crippen molar-refractivity contribution < 1.29 is 14.3 Å². The summed E-state index contributed by atoms with van der Waals surface area (Å²) in [5.41, 5.74) is 4.54.